The lowest BCUT2D eigenvalue weighted by molar-refractivity contribution is -0.120. The number of carbonyl (C=O) groups is 1. The molecule has 2 N–H and O–H groups in total. The number of nitrogens with one attached hydrogen (secondary N) is 2. The summed E-state index contributed by atoms with van der Waals surface area (Å²) in [4.78, 5) is 19.9. The van der Waals surface area contributed by atoms with Gasteiger partial charge in [-0.25, -0.2) is 4.98 Å². The number of amides is 1. The van der Waals surface area contributed by atoms with Crippen molar-refractivity contribution in [2.45, 2.75) is 23.5 Å². The zero-order chi connectivity index (χ0) is 14.4. The minimum absolute atomic E-state index is 0.0319. The molecule has 2 aromatic rings. The third-order valence-corrected chi connectivity index (χ3v) is 4.11. The number of H-pyrrole nitrogens is 1. The average Bonchev–Trinajstić information content (AvgIpc) is 2.94. The highest BCUT2D eigenvalue weighted by atomic mass is 35.5. The van der Waals surface area contributed by atoms with E-state index in [4.69, 9.17) is 11.6 Å². The van der Waals surface area contributed by atoms with E-state index in [0.717, 1.165) is 17.0 Å². The van der Waals surface area contributed by atoms with Crippen LogP contribution in [0, 0.1) is 0 Å². The molecule has 0 aliphatic heterocycles. The summed E-state index contributed by atoms with van der Waals surface area (Å²) in [7, 11) is 0. The Morgan fingerprint density at radius 2 is 2.20 bits per heavy atom. The second-order valence-corrected chi connectivity index (χ2v) is 6.18. The lowest BCUT2D eigenvalue weighted by Gasteiger charge is -2.11. The molecule has 106 valence electrons. The Morgan fingerprint density at radius 1 is 1.45 bits per heavy atom. The van der Waals surface area contributed by atoms with E-state index in [1.165, 1.54) is 11.8 Å². The van der Waals surface area contributed by atoms with Crippen molar-refractivity contribution in [3.05, 3.63) is 47.5 Å². The van der Waals surface area contributed by atoms with E-state index >= 15 is 0 Å². The molecule has 1 aromatic heterocycles. The lowest BCUT2D eigenvalue weighted by Crippen LogP contribution is -2.32. The molecule has 1 unspecified atom stereocenters. The minimum Gasteiger partial charge on any atom is -0.355 e. The molecular weight excluding hydrogens is 294 g/mol. The van der Waals surface area contributed by atoms with Crippen LogP contribution in [0.1, 0.15) is 12.6 Å². The summed E-state index contributed by atoms with van der Waals surface area (Å²) in [5.41, 5.74) is 1.02. The summed E-state index contributed by atoms with van der Waals surface area (Å²) in [6, 6.07) is 7.49. The fourth-order valence-corrected chi connectivity index (χ4v) is 2.67. The van der Waals surface area contributed by atoms with Crippen LogP contribution in [-0.2, 0) is 11.2 Å². The Morgan fingerprint density at radius 3 is 2.85 bits per heavy atom. The molecule has 0 saturated carbocycles. The molecule has 0 saturated heterocycles. The summed E-state index contributed by atoms with van der Waals surface area (Å²) < 4.78 is 0. The van der Waals surface area contributed by atoms with Crippen molar-refractivity contribution in [2.24, 2.45) is 0 Å². The van der Waals surface area contributed by atoms with Crippen molar-refractivity contribution in [3.63, 3.8) is 0 Å². The molecule has 1 aromatic carbocycles. The number of rotatable bonds is 6. The van der Waals surface area contributed by atoms with Crippen LogP contribution < -0.4 is 5.32 Å². The van der Waals surface area contributed by atoms with E-state index in [1.54, 1.807) is 12.5 Å². The first-order chi connectivity index (χ1) is 9.65. The fraction of sp³-hybridized carbons (Fsp3) is 0.286. The van der Waals surface area contributed by atoms with Crippen LogP contribution in [0.5, 0.6) is 0 Å². The molecule has 1 atom stereocenters. The van der Waals surface area contributed by atoms with Crippen LogP contribution in [-0.4, -0.2) is 27.7 Å². The molecule has 6 heteroatoms. The molecule has 4 nitrogen and oxygen atoms in total. The van der Waals surface area contributed by atoms with Crippen molar-refractivity contribution >= 4 is 29.3 Å². The van der Waals surface area contributed by atoms with Crippen molar-refractivity contribution in [1.29, 1.82) is 0 Å². The molecule has 0 aliphatic rings. The highest BCUT2D eigenvalue weighted by Crippen LogP contribution is 2.24. The highest BCUT2D eigenvalue weighted by molar-refractivity contribution is 8.00. The van der Waals surface area contributed by atoms with Crippen LogP contribution in [0.2, 0.25) is 5.02 Å². The van der Waals surface area contributed by atoms with Crippen molar-refractivity contribution in [1.82, 2.24) is 15.3 Å². The molecule has 1 amide bonds. The first-order valence-electron chi connectivity index (χ1n) is 6.32. The molecule has 20 heavy (non-hydrogen) atoms. The Balaban J connectivity index is 1.75. The fourth-order valence-electron chi connectivity index (χ4n) is 1.66. The second-order valence-electron chi connectivity index (χ2n) is 4.33. The standard InChI is InChI=1S/C14H16ClN3OS/c1-10(20-13-4-2-11(15)3-5-13)14(19)17-7-6-12-8-16-9-18-12/h2-5,8-10H,6-7H2,1H3,(H,16,18)(H,17,19). The van der Waals surface area contributed by atoms with E-state index in [9.17, 15) is 4.79 Å². The number of nitrogens with zero attached hydrogens (tertiary/aromatic N) is 1. The Kier molecular flexibility index (Phi) is 5.49. The van der Waals surface area contributed by atoms with E-state index in [2.05, 4.69) is 15.3 Å². The van der Waals surface area contributed by atoms with Gasteiger partial charge in [-0.3, -0.25) is 4.79 Å². The average molecular weight is 310 g/mol. The maximum absolute atomic E-state index is 12.0. The molecule has 2 rings (SSSR count). The highest BCUT2D eigenvalue weighted by Gasteiger charge is 2.13. The van der Waals surface area contributed by atoms with E-state index < -0.39 is 0 Å². The van der Waals surface area contributed by atoms with Crippen LogP contribution in [0.3, 0.4) is 0 Å². The SMILES string of the molecule is CC(Sc1ccc(Cl)cc1)C(=O)NCCc1cnc[nH]1. The minimum atomic E-state index is -0.141. The Hall–Kier alpha value is -1.46. The number of thioether (sulfide) groups is 1. The molecule has 0 fully saturated rings. The van der Waals surface area contributed by atoms with Crippen molar-refractivity contribution in [2.75, 3.05) is 6.54 Å². The number of hydrogen-bond donors (Lipinski definition) is 2. The third kappa shape index (κ3) is 4.58. The quantitative estimate of drug-likeness (QED) is 0.807. The zero-order valence-corrected chi connectivity index (χ0v) is 12.7. The molecule has 0 radical (unpaired) electrons. The summed E-state index contributed by atoms with van der Waals surface area (Å²) in [6.07, 6.45) is 4.15. The van der Waals surface area contributed by atoms with Gasteiger partial charge in [0.15, 0.2) is 0 Å². The van der Waals surface area contributed by atoms with Crippen molar-refractivity contribution in [3.8, 4) is 0 Å². The van der Waals surface area contributed by atoms with E-state index in [1.807, 2.05) is 31.2 Å². The second kappa shape index (κ2) is 7.36. The summed E-state index contributed by atoms with van der Waals surface area (Å²) >= 11 is 7.35. The van der Waals surface area contributed by atoms with Crippen molar-refractivity contribution < 1.29 is 4.79 Å². The van der Waals surface area contributed by atoms with Gasteiger partial charge < -0.3 is 10.3 Å². The van der Waals surface area contributed by atoms with Crippen LogP contribution in [0.4, 0.5) is 0 Å². The van der Waals surface area contributed by atoms with E-state index in [0.29, 0.717) is 11.6 Å². The van der Waals surface area contributed by atoms with Gasteiger partial charge in [0, 0.05) is 34.8 Å². The van der Waals surface area contributed by atoms with E-state index in [-0.39, 0.29) is 11.2 Å². The van der Waals surface area contributed by atoms with Crippen LogP contribution in [0.15, 0.2) is 41.7 Å². The number of aromatic amines is 1. The maximum atomic E-state index is 12.0. The van der Waals surface area contributed by atoms with Gasteiger partial charge in [-0.2, -0.15) is 0 Å². The van der Waals surface area contributed by atoms with Gasteiger partial charge >= 0.3 is 0 Å². The summed E-state index contributed by atoms with van der Waals surface area (Å²) in [6.45, 7) is 2.50. The van der Waals surface area contributed by atoms with Gasteiger partial charge in [-0.1, -0.05) is 11.6 Å². The van der Waals surface area contributed by atoms with Gasteiger partial charge in [0.05, 0.1) is 11.6 Å². The van der Waals surface area contributed by atoms with Gasteiger partial charge in [0.25, 0.3) is 0 Å². The molecule has 1 heterocycles. The monoisotopic (exact) mass is 309 g/mol. The first-order valence-corrected chi connectivity index (χ1v) is 7.58. The number of hydrogen-bond acceptors (Lipinski definition) is 3. The maximum Gasteiger partial charge on any atom is 0.233 e. The van der Waals surface area contributed by atoms with Gasteiger partial charge in [0.2, 0.25) is 5.91 Å². The number of aromatic nitrogens is 2. The van der Waals surface area contributed by atoms with Crippen LogP contribution >= 0.6 is 23.4 Å². The zero-order valence-electron chi connectivity index (χ0n) is 11.1. The molecular formula is C14H16ClN3OS. The molecule has 0 bridgehead atoms. The largest absolute Gasteiger partial charge is 0.355 e. The number of imidazole rings is 1. The summed E-state index contributed by atoms with van der Waals surface area (Å²) in [5, 5.41) is 3.48. The normalized spacial score (nSPS) is 12.1. The van der Waals surface area contributed by atoms with Crippen LogP contribution in [0.25, 0.3) is 0 Å². The topological polar surface area (TPSA) is 57.8 Å². The van der Waals surface area contributed by atoms with Gasteiger partial charge in [0.1, 0.15) is 0 Å². The number of halogens is 1. The van der Waals surface area contributed by atoms with Gasteiger partial charge in [-0.05, 0) is 31.2 Å². The Bertz CT molecular complexity index is 542. The van der Waals surface area contributed by atoms with Gasteiger partial charge in [-0.15, -0.1) is 11.8 Å². The number of carbonyl (C=O) groups excluding carboxylic acids is 1. The third-order valence-electron chi connectivity index (χ3n) is 2.74. The first kappa shape index (κ1) is 14.9. The Labute approximate surface area is 127 Å². The predicted octanol–water partition coefficient (Wildman–Crippen LogP) is 2.90. The smallest absolute Gasteiger partial charge is 0.233 e. The summed E-state index contributed by atoms with van der Waals surface area (Å²) in [5.74, 6) is 0.0319. The lowest BCUT2D eigenvalue weighted by atomic mass is 10.3. The number of benzene rings is 1. The molecule has 0 aliphatic carbocycles. The molecule has 0 spiro atoms. The predicted molar refractivity (Wildman–Crippen MR) is 82.1 cm³/mol.